The zero-order valence-electron chi connectivity index (χ0n) is 12.8. The standard InChI is InChI=1S/C17H20FN3O2/c18-13-4-6-15(7-5-13)21-9-8-14(20-21)10-17(23)19-11-12-2-1-3-16(12)22/h4-9,12,16,22H,1-3,10-11H2,(H,19,23). The van der Waals surface area contributed by atoms with E-state index in [1.165, 1.54) is 12.1 Å². The van der Waals surface area contributed by atoms with Crippen molar-refractivity contribution < 1.29 is 14.3 Å². The van der Waals surface area contributed by atoms with Crippen molar-refractivity contribution in [3.63, 3.8) is 0 Å². The molecule has 2 atom stereocenters. The summed E-state index contributed by atoms with van der Waals surface area (Å²) >= 11 is 0. The van der Waals surface area contributed by atoms with Gasteiger partial charge in [-0.2, -0.15) is 5.10 Å². The number of nitrogens with zero attached hydrogens (tertiary/aromatic N) is 2. The molecular formula is C17H20FN3O2. The van der Waals surface area contributed by atoms with Crippen molar-refractivity contribution in [1.82, 2.24) is 15.1 Å². The van der Waals surface area contributed by atoms with Gasteiger partial charge in [0.15, 0.2) is 0 Å². The van der Waals surface area contributed by atoms with Gasteiger partial charge >= 0.3 is 0 Å². The summed E-state index contributed by atoms with van der Waals surface area (Å²) in [6.07, 6.45) is 4.44. The Morgan fingerprint density at radius 2 is 2.09 bits per heavy atom. The number of carbonyl (C=O) groups is 1. The van der Waals surface area contributed by atoms with Crippen LogP contribution in [0.3, 0.4) is 0 Å². The van der Waals surface area contributed by atoms with Crippen LogP contribution in [0.15, 0.2) is 36.5 Å². The Morgan fingerprint density at radius 3 is 2.78 bits per heavy atom. The molecule has 0 saturated heterocycles. The molecule has 0 aliphatic heterocycles. The summed E-state index contributed by atoms with van der Waals surface area (Å²) in [4.78, 5) is 12.0. The number of hydrogen-bond acceptors (Lipinski definition) is 3. The van der Waals surface area contributed by atoms with E-state index in [0.29, 0.717) is 12.2 Å². The molecule has 0 spiro atoms. The Morgan fingerprint density at radius 1 is 1.30 bits per heavy atom. The lowest BCUT2D eigenvalue weighted by Crippen LogP contribution is -2.33. The number of halogens is 1. The van der Waals surface area contributed by atoms with E-state index in [-0.39, 0.29) is 30.2 Å². The molecule has 5 nitrogen and oxygen atoms in total. The fourth-order valence-corrected chi connectivity index (χ4v) is 2.92. The number of benzene rings is 1. The molecule has 122 valence electrons. The second kappa shape index (κ2) is 6.91. The van der Waals surface area contributed by atoms with Crippen LogP contribution in [-0.2, 0) is 11.2 Å². The molecule has 2 N–H and O–H groups in total. The largest absolute Gasteiger partial charge is 0.393 e. The first-order valence-corrected chi connectivity index (χ1v) is 7.87. The molecule has 1 saturated carbocycles. The highest BCUT2D eigenvalue weighted by molar-refractivity contribution is 5.78. The SMILES string of the molecule is O=C(Cc1ccn(-c2ccc(F)cc2)n1)NCC1CCCC1O. The third-order valence-electron chi connectivity index (χ3n) is 4.26. The van der Waals surface area contributed by atoms with Crippen molar-refractivity contribution >= 4 is 5.91 Å². The molecule has 1 fully saturated rings. The molecule has 2 unspecified atom stereocenters. The van der Waals surface area contributed by atoms with E-state index >= 15 is 0 Å². The van der Waals surface area contributed by atoms with Crippen LogP contribution in [0.4, 0.5) is 4.39 Å². The topological polar surface area (TPSA) is 67.2 Å². The van der Waals surface area contributed by atoms with Crippen molar-refractivity contribution in [2.45, 2.75) is 31.8 Å². The third-order valence-corrected chi connectivity index (χ3v) is 4.26. The van der Waals surface area contributed by atoms with Crippen LogP contribution in [-0.4, -0.2) is 33.4 Å². The van der Waals surface area contributed by atoms with Gasteiger partial charge in [0, 0.05) is 18.7 Å². The van der Waals surface area contributed by atoms with Crippen LogP contribution in [0.5, 0.6) is 0 Å². The average molecular weight is 317 g/mol. The number of carbonyl (C=O) groups excluding carboxylic acids is 1. The molecular weight excluding hydrogens is 297 g/mol. The number of amides is 1. The zero-order valence-corrected chi connectivity index (χ0v) is 12.8. The van der Waals surface area contributed by atoms with Crippen molar-refractivity contribution in [3.8, 4) is 5.69 Å². The van der Waals surface area contributed by atoms with E-state index in [4.69, 9.17) is 0 Å². The second-order valence-electron chi connectivity index (χ2n) is 5.97. The molecule has 1 aromatic heterocycles. The lowest BCUT2D eigenvalue weighted by molar-refractivity contribution is -0.120. The molecule has 1 aliphatic carbocycles. The number of aliphatic hydroxyl groups excluding tert-OH is 1. The Bertz CT molecular complexity index is 669. The maximum absolute atomic E-state index is 12.9. The Hall–Kier alpha value is -2.21. The smallest absolute Gasteiger partial charge is 0.226 e. The van der Waals surface area contributed by atoms with E-state index in [1.54, 1.807) is 29.1 Å². The minimum Gasteiger partial charge on any atom is -0.393 e. The normalized spacial score (nSPS) is 20.6. The molecule has 3 rings (SSSR count). The van der Waals surface area contributed by atoms with Gasteiger partial charge < -0.3 is 10.4 Å². The van der Waals surface area contributed by atoms with Gasteiger partial charge in [0.05, 0.1) is 23.9 Å². The predicted molar refractivity (Wildman–Crippen MR) is 83.6 cm³/mol. The van der Waals surface area contributed by atoms with Gasteiger partial charge in [0.2, 0.25) is 5.91 Å². The van der Waals surface area contributed by atoms with E-state index in [9.17, 15) is 14.3 Å². The predicted octanol–water partition coefficient (Wildman–Crippen LogP) is 1.83. The minimum atomic E-state index is -0.298. The molecule has 0 bridgehead atoms. The molecule has 6 heteroatoms. The minimum absolute atomic E-state index is 0.103. The molecule has 23 heavy (non-hydrogen) atoms. The number of aliphatic hydroxyl groups is 1. The summed E-state index contributed by atoms with van der Waals surface area (Å²) in [5.41, 5.74) is 1.39. The molecule has 2 aromatic rings. The zero-order chi connectivity index (χ0) is 16.2. The average Bonchev–Trinajstić information content (AvgIpc) is 3.15. The molecule has 1 aliphatic rings. The fraction of sp³-hybridized carbons (Fsp3) is 0.412. The van der Waals surface area contributed by atoms with Crippen LogP contribution < -0.4 is 5.32 Å². The summed E-state index contributed by atoms with van der Waals surface area (Å²) in [6, 6.07) is 7.78. The number of aromatic nitrogens is 2. The quantitative estimate of drug-likeness (QED) is 0.884. The highest BCUT2D eigenvalue weighted by Gasteiger charge is 2.25. The molecule has 0 radical (unpaired) electrons. The summed E-state index contributed by atoms with van der Waals surface area (Å²) in [6.45, 7) is 0.513. The van der Waals surface area contributed by atoms with E-state index in [2.05, 4.69) is 10.4 Å². The van der Waals surface area contributed by atoms with E-state index in [0.717, 1.165) is 24.9 Å². The monoisotopic (exact) mass is 317 g/mol. The molecule has 1 amide bonds. The van der Waals surface area contributed by atoms with Gasteiger partial charge in [0.1, 0.15) is 5.82 Å². The van der Waals surface area contributed by atoms with Gasteiger partial charge in [-0.1, -0.05) is 6.42 Å². The highest BCUT2D eigenvalue weighted by Crippen LogP contribution is 2.24. The summed E-state index contributed by atoms with van der Waals surface area (Å²) in [5.74, 6) is -0.237. The summed E-state index contributed by atoms with van der Waals surface area (Å²) < 4.78 is 14.5. The lowest BCUT2D eigenvalue weighted by Gasteiger charge is -2.14. The Kier molecular flexibility index (Phi) is 4.71. The van der Waals surface area contributed by atoms with Gasteiger partial charge in [-0.05, 0) is 43.2 Å². The van der Waals surface area contributed by atoms with Crippen molar-refractivity contribution in [2.24, 2.45) is 5.92 Å². The van der Waals surface area contributed by atoms with Crippen LogP contribution in [0.1, 0.15) is 25.0 Å². The number of hydrogen-bond donors (Lipinski definition) is 2. The fourth-order valence-electron chi connectivity index (χ4n) is 2.92. The van der Waals surface area contributed by atoms with Crippen LogP contribution in [0, 0.1) is 11.7 Å². The van der Waals surface area contributed by atoms with Crippen molar-refractivity contribution in [2.75, 3.05) is 6.54 Å². The number of rotatable bonds is 5. The van der Waals surface area contributed by atoms with Crippen LogP contribution in [0.25, 0.3) is 5.69 Å². The van der Waals surface area contributed by atoms with Crippen LogP contribution in [0.2, 0.25) is 0 Å². The van der Waals surface area contributed by atoms with Crippen molar-refractivity contribution in [3.05, 3.63) is 48.0 Å². The lowest BCUT2D eigenvalue weighted by atomic mass is 10.1. The van der Waals surface area contributed by atoms with Crippen LogP contribution >= 0.6 is 0 Å². The first-order valence-electron chi connectivity index (χ1n) is 7.87. The second-order valence-corrected chi connectivity index (χ2v) is 5.97. The van der Waals surface area contributed by atoms with Gasteiger partial charge in [-0.25, -0.2) is 9.07 Å². The molecule has 1 heterocycles. The molecule has 1 aromatic carbocycles. The van der Waals surface area contributed by atoms with Gasteiger partial charge in [-0.3, -0.25) is 4.79 Å². The van der Waals surface area contributed by atoms with Gasteiger partial charge in [0.25, 0.3) is 0 Å². The Balaban J connectivity index is 1.54. The third kappa shape index (κ3) is 3.96. The maximum Gasteiger partial charge on any atom is 0.226 e. The maximum atomic E-state index is 12.9. The summed E-state index contributed by atoms with van der Waals surface area (Å²) in [5, 5.41) is 16.9. The summed E-state index contributed by atoms with van der Waals surface area (Å²) in [7, 11) is 0. The van der Waals surface area contributed by atoms with Crippen molar-refractivity contribution in [1.29, 1.82) is 0 Å². The Labute approximate surface area is 134 Å². The number of nitrogens with one attached hydrogen (secondary N) is 1. The van der Waals surface area contributed by atoms with Gasteiger partial charge in [-0.15, -0.1) is 0 Å². The first-order chi connectivity index (χ1) is 11.1. The van der Waals surface area contributed by atoms with E-state index < -0.39 is 0 Å². The van der Waals surface area contributed by atoms with E-state index in [1.807, 2.05) is 0 Å². The highest BCUT2D eigenvalue weighted by atomic mass is 19.1. The first kappa shape index (κ1) is 15.7.